The van der Waals surface area contributed by atoms with Crippen LogP contribution in [0.15, 0.2) is 103 Å². The van der Waals surface area contributed by atoms with Gasteiger partial charge in [0.25, 0.3) is 0 Å². The molecular weight excluding hydrogens is 344 g/mol. The molecule has 1 aliphatic heterocycles. The maximum Gasteiger partial charge on any atom is 0.130 e. The summed E-state index contributed by atoms with van der Waals surface area (Å²) in [6, 6.07) is 33.2. The van der Waals surface area contributed by atoms with Crippen molar-refractivity contribution in [1.29, 1.82) is 0 Å². The summed E-state index contributed by atoms with van der Waals surface area (Å²) in [5.41, 5.74) is 1.37. The molecule has 0 saturated carbocycles. The normalized spacial score (nSPS) is 20.3. The lowest BCUT2D eigenvalue weighted by Crippen LogP contribution is -2.62. The average Bonchev–Trinajstić information content (AvgIpc) is 3.20. The van der Waals surface area contributed by atoms with E-state index in [-0.39, 0.29) is 11.5 Å². The largest absolute Gasteiger partial charge is 0.392 e. The van der Waals surface area contributed by atoms with Crippen LogP contribution in [0.1, 0.15) is 18.4 Å². The fourth-order valence-electron chi connectivity index (χ4n) is 4.63. The van der Waals surface area contributed by atoms with Crippen molar-refractivity contribution in [1.82, 2.24) is 0 Å². The van der Waals surface area contributed by atoms with Crippen molar-refractivity contribution in [3.63, 3.8) is 0 Å². The van der Waals surface area contributed by atoms with Crippen molar-refractivity contribution >= 4 is 18.4 Å². The van der Waals surface area contributed by atoms with Crippen molar-refractivity contribution in [2.24, 2.45) is 0 Å². The third-order valence-electron chi connectivity index (χ3n) is 6.14. The third kappa shape index (κ3) is 3.20. The highest BCUT2D eigenvalue weighted by atomic mass is 28.3. The van der Waals surface area contributed by atoms with E-state index in [1.807, 2.05) is 6.07 Å². The molecule has 27 heavy (non-hydrogen) atoms. The smallest absolute Gasteiger partial charge is 0.130 e. The van der Waals surface area contributed by atoms with E-state index < -0.39 is 14.2 Å². The monoisotopic (exact) mass is 370 g/mol. The van der Waals surface area contributed by atoms with Crippen LogP contribution >= 0.6 is 0 Å². The Labute approximate surface area is 163 Å². The summed E-state index contributed by atoms with van der Waals surface area (Å²) >= 11 is 0. The first kappa shape index (κ1) is 18.0. The van der Waals surface area contributed by atoms with E-state index in [1.54, 1.807) is 0 Å². The van der Waals surface area contributed by atoms with Gasteiger partial charge in [0.15, 0.2) is 0 Å². The first-order chi connectivity index (χ1) is 13.2. The van der Waals surface area contributed by atoms with Gasteiger partial charge in [-0.15, -0.1) is 0 Å². The Morgan fingerprint density at radius 3 is 1.78 bits per heavy atom. The van der Waals surface area contributed by atoms with Gasteiger partial charge in [0, 0.05) is 11.5 Å². The van der Waals surface area contributed by atoms with Gasteiger partial charge in [-0.1, -0.05) is 120 Å². The molecule has 3 atom stereocenters. The molecule has 3 aromatic rings. The Morgan fingerprint density at radius 2 is 1.26 bits per heavy atom. The molecule has 1 heterocycles. The van der Waals surface area contributed by atoms with Gasteiger partial charge in [0.05, 0.1) is 6.10 Å². The first-order valence-corrected chi connectivity index (χ1v) is 12.0. The molecule has 2 heteroatoms. The van der Waals surface area contributed by atoms with E-state index in [0.717, 1.165) is 6.04 Å². The third-order valence-corrected chi connectivity index (χ3v) is 11.4. The van der Waals surface area contributed by atoms with E-state index in [2.05, 4.69) is 104 Å². The fourth-order valence-corrected chi connectivity index (χ4v) is 9.89. The molecule has 4 rings (SSSR count). The van der Waals surface area contributed by atoms with Crippen molar-refractivity contribution in [3.05, 3.63) is 109 Å². The van der Waals surface area contributed by atoms with Crippen LogP contribution in [0.3, 0.4) is 0 Å². The summed E-state index contributed by atoms with van der Waals surface area (Å²) in [6.07, 6.45) is 4.19. The fraction of sp³-hybridized carbons (Fsp3) is 0.200. The van der Waals surface area contributed by atoms with Crippen LogP contribution in [0, 0.1) is 0 Å². The summed E-state index contributed by atoms with van der Waals surface area (Å²) < 4.78 is 0. The van der Waals surface area contributed by atoms with Gasteiger partial charge in [0.2, 0.25) is 0 Å². The summed E-state index contributed by atoms with van der Waals surface area (Å²) in [7, 11) is -2.13. The Bertz CT molecular complexity index is 850. The highest BCUT2D eigenvalue weighted by molar-refractivity contribution is 7.04. The lowest BCUT2D eigenvalue weighted by Gasteiger charge is -2.39. The topological polar surface area (TPSA) is 20.2 Å². The van der Waals surface area contributed by atoms with Crippen molar-refractivity contribution < 1.29 is 5.11 Å². The molecule has 0 aliphatic carbocycles. The van der Waals surface area contributed by atoms with Crippen LogP contribution in [-0.2, 0) is 0 Å². The molecule has 0 amide bonds. The number of hydrogen-bond acceptors (Lipinski definition) is 1. The molecule has 0 spiro atoms. The Hall–Kier alpha value is -2.42. The number of aliphatic hydroxyl groups excluding tert-OH is 1. The molecule has 3 aromatic carbocycles. The number of benzene rings is 3. The summed E-state index contributed by atoms with van der Waals surface area (Å²) in [5, 5.41) is 14.3. The second-order valence-corrected chi connectivity index (χ2v) is 11.7. The Balaban J connectivity index is 1.80. The van der Waals surface area contributed by atoms with Gasteiger partial charge in [-0.25, -0.2) is 0 Å². The van der Waals surface area contributed by atoms with E-state index in [4.69, 9.17) is 0 Å². The number of rotatable bonds is 5. The van der Waals surface area contributed by atoms with Crippen molar-refractivity contribution in [2.45, 2.75) is 30.5 Å². The minimum Gasteiger partial charge on any atom is -0.392 e. The zero-order chi connectivity index (χ0) is 18.7. The zero-order valence-corrected chi connectivity index (χ0v) is 16.7. The quantitative estimate of drug-likeness (QED) is 0.523. The van der Waals surface area contributed by atoms with Crippen LogP contribution in [-0.4, -0.2) is 19.3 Å². The summed E-state index contributed by atoms with van der Waals surface area (Å²) in [4.78, 5) is 0. The van der Waals surface area contributed by atoms with E-state index >= 15 is 0 Å². The van der Waals surface area contributed by atoms with E-state index in [9.17, 15) is 5.11 Å². The summed E-state index contributed by atoms with van der Waals surface area (Å²) in [6.45, 7) is 2.15. The van der Waals surface area contributed by atoms with Gasteiger partial charge < -0.3 is 5.11 Å². The molecule has 1 nitrogen and oxygen atoms in total. The average molecular weight is 371 g/mol. The van der Waals surface area contributed by atoms with Gasteiger partial charge in [-0.3, -0.25) is 0 Å². The summed E-state index contributed by atoms with van der Waals surface area (Å²) in [5.74, 6) is 0.0956. The van der Waals surface area contributed by atoms with Gasteiger partial charge in [-0.05, 0) is 11.6 Å². The lowest BCUT2D eigenvalue weighted by molar-refractivity contribution is 0.151. The predicted molar refractivity (Wildman–Crippen MR) is 116 cm³/mol. The highest BCUT2D eigenvalue weighted by Crippen LogP contribution is 2.41. The van der Waals surface area contributed by atoms with Crippen LogP contribution in [0.25, 0.3) is 0 Å². The van der Waals surface area contributed by atoms with E-state index in [1.165, 1.54) is 15.9 Å². The molecule has 0 fully saturated rings. The SMILES string of the molecule is CC(c1ccccc1)[C@@H](O)[C@@H]1C=CC[Si]1(c1ccccc1)c1ccccc1. The Morgan fingerprint density at radius 1 is 0.778 bits per heavy atom. The van der Waals surface area contributed by atoms with Gasteiger partial charge in [-0.2, -0.15) is 0 Å². The van der Waals surface area contributed by atoms with Crippen LogP contribution in [0.4, 0.5) is 0 Å². The predicted octanol–water partition coefficient (Wildman–Crippen LogP) is 4.35. The molecule has 0 aromatic heterocycles. The number of hydrogen-bond donors (Lipinski definition) is 1. The molecule has 0 bridgehead atoms. The van der Waals surface area contributed by atoms with Crippen LogP contribution in [0.5, 0.6) is 0 Å². The minimum absolute atomic E-state index is 0.0956. The van der Waals surface area contributed by atoms with E-state index in [0.29, 0.717) is 0 Å². The second kappa shape index (κ2) is 7.67. The van der Waals surface area contributed by atoms with Crippen LogP contribution in [0.2, 0.25) is 11.6 Å². The molecule has 0 saturated heterocycles. The van der Waals surface area contributed by atoms with Crippen LogP contribution < -0.4 is 10.4 Å². The molecule has 1 aliphatic rings. The minimum atomic E-state index is -2.13. The van der Waals surface area contributed by atoms with Gasteiger partial charge in [0.1, 0.15) is 8.07 Å². The number of aliphatic hydroxyl groups is 1. The van der Waals surface area contributed by atoms with Crippen molar-refractivity contribution in [2.75, 3.05) is 0 Å². The molecule has 1 N–H and O–H groups in total. The number of allylic oxidation sites excluding steroid dienone is 1. The maximum atomic E-state index is 11.5. The molecule has 136 valence electrons. The molecule has 0 radical (unpaired) electrons. The maximum absolute atomic E-state index is 11.5. The zero-order valence-electron chi connectivity index (χ0n) is 15.7. The Kier molecular flexibility index (Phi) is 5.10. The standard InChI is InChI=1S/C25H26OSi/c1-20(21-12-5-2-6-13-21)25(26)24-18-11-19-27(24,22-14-7-3-8-15-22)23-16-9-4-10-17-23/h2-18,20,24-26H,19H2,1H3/t20?,24-,25+/m0/s1. The second-order valence-electron chi connectivity index (χ2n) is 7.55. The van der Waals surface area contributed by atoms with Gasteiger partial charge >= 0.3 is 0 Å². The molecule has 1 unspecified atom stereocenters. The molecular formula is C25H26OSi. The van der Waals surface area contributed by atoms with Crippen molar-refractivity contribution in [3.8, 4) is 0 Å². The lowest BCUT2D eigenvalue weighted by atomic mass is 9.93. The highest BCUT2D eigenvalue weighted by Gasteiger charge is 2.49. The first-order valence-electron chi connectivity index (χ1n) is 9.74.